The fourth-order valence-electron chi connectivity index (χ4n) is 3.58. The van der Waals surface area contributed by atoms with Gasteiger partial charge in [0.05, 0.1) is 12.6 Å². The molecule has 1 unspecified atom stereocenters. The predicted octanol–water partition coefficient (Wildman–Crippen LogP) is 4.83. The van der Waals surface area contributed by atoms with Gasteiger partial charge in [-0.2, -0.15) is 5.10 Å². The van der Waals surface area contributed by atoms with Crippen LogP contribution in [0.5, 0.6) is 5.88 Å². The predicted molar refractivity (Wildman–Crippen MR) is 110 cm³/mol. The molecule has 1 aromatic carbocycles. The molecule has 7 heteroatoms. The summed E-state index contributed by atoms with van der Waals surface area (Å²) in [7, 11) is 0. The molecule has 0 bridgehead atoms. The van der Waals surface area contributed by atoms with Crippen molar-refractivity contribution in [3.63, 3.8) is 0 Å². The third-order valence-corrected chi connectivity index (χ3v) is 4.85. The lowest BCUT2D eigenvalue weighted by molar-refractivity contribution is 0.00432. The van der Waals surface area contributed by atoms with Crippen molar-refractivity contribution in [2.45, 2.75) is 65.6 Å². The van der Waals surface area contributed by atoms with Crippen LogP contribution in [0.3, 0.4) is 0 Å². The molecule has 1 aliphatic rings. The van der Waals surface area contributed by atoms with E-state index in [0.29, 0.717) is 36.8 Å². The smallest absolute Gasteiger partial charge is 0.410 e. The van der Waals surface area contributed by atoms with Gasteiger partial charge >= 0.3 is 6.09 Å². The molecule has 1 aromatic heterocycles. The van der Waals surface area contributed by atoms with E-state index in [9.17, 15) is 9.18 Å². The van der Waals surface area contributed by atoms with E-state index in [1.165, 1.54) is 6.07 Å². The summed E-state index contributed by atoms with van der Waals surface area (Å²) in [6, 6.07) is 6.41. The Morgan fingerprint density at radius 3 is 2.66 bits per heavy atom. The van der Waals surface area contributed by atoms with Gasteiger partial charge in [0.15, 0.2) is 0 Å². The molecule has 1 aliphatic heterocycles. The summed E-state index contributed by atoms with van der Waals surface area (Å²) in [6.45, 7) is 12.8. The first-order valence-corrected chi connectivity index (χ1v) is 10.1. The normalized spacial score (nSPS) is 16.3. The van der Waals surface area contributed by atoms with E-state index in [-0.39, 0.29) is 23.9 Å². The summed E-state index contributed by atoms with van der Waals surface area (Å²) in [5.41, 5.74) is 1.36. The summed E-state index contributed by atoms with van der Waals surface area (Å²) in [5, 5.41) is 4.68. The van der Waals surface area contributed by atoms with Crippen LogP contribution < -0.4 is 4.74 Å². The molecule has 0 aliphatic carbocycles. The average molecular weight is 403 g/mol. The minimum Gasteiger partial charge on any atom is -0.475 e. The molecule has 29 heavy (non-hydrogen) atoms. The summed E-state index contributed by atoms with van der Waals surface area (Å²) in [5.74, 6) is 0.443. The zero-order valence-electron chi connectivity index (χ0n) is 18.0. The van der Waals surface area contributed by atoms with Gasteiger partial charge in [0.1, 0.15) is 23.7 Å². The lowest BCUT2D eigenvalue weighted by Crippen LogP contribution is -2.49. The molecule has 3 rings (SSSR count). The summed E-state index contributed by atoms with van der Waals surface area (Å²) >= 11 is 0. The summed E-state index contributed by atoms with van der Waals surface area (Å²) < 4.78 is 27.8. The van der Waals surface area contributed by atoms with Crippen LogP contribution in [0, 0.1) is 5.82 Å². The van der Waals surface area contributed by atoms with Crippen molar-refractivity contribution in [1.82, 2.24) is 14.7 Å². The van der Waals surface area contributed by atoms with Crippen molar-refractivity contribution < 1.29 is 18.7 Å². The zero-order chi connectivity index (χ0) is 21.3. The highest BCUT2D eigenvalue weighted by Gasteiger charge is 2.34. The number of nitrogens with zero attached hydrogens (tertiary/aromatic N) is 3. The van der Waals surface area contributed by atoms with Gasteiger partial charge in [-0.3, -0.25) is 0 Å². The number of hydrogen-bond acceptors (Lipinski definition) is 4. The van der Waals surface area contributed by atoms with E-state index in [4.69, 9.17) is 9.47 Å². The molecule has 6 nitrogen and oxygen atoms in total. The molecule has 0 N–H and O–H groups in total. The van der Waals surface area contributed by atoms with Crippen molar-refractivity contribution in [2.24, 2.45) is 0 Å². The fraction of sp³-hybridized carbons (Fsp3) is 0.545. The molecule has 2 aromatic rings. The van der Waals surface area contributed by atoms with Crippen LogP contribution in [0.1, 0.15) is 53.0 Å². The van der Waals surface area contributed by atoms with Crippen molar-refractivity contribution in [2.75, 3.05) is 13.2 Å². The second-order valence-corrected chi connectivity index (χ2v) is 8.62. The van der Waals surface area contributed by atoms with E-state index in [0.717, 1.165) is 5.56 Å². The highest BCUT2D eigenvalue weighted by molar-refractivity contribution is 5.69. The Balaban J connectivity index is 1.93. The van der Waals surface area contributed by atoms with Crippen molar-refractivity contribution in [1.29, 1.82) is 0 Å². The van der Waals surface area contributed by atoms with E-state index in [1.54, 1.807) is 27.8 Å². The number of likely N-dealkylation sites (N-methyl/N-ethyl adjacent to an activating group) is 1. The monoisotopic (exact) mass is 403 g/mol. The lowest BCUT2D eigenvalue weighted by atomic mass is 9.98. The molecule has 0 saturated carbocycles. The number of rotatable bonds is 4. The third-order valence-electron chi connectivity index (χ3n) is 4.85. The van der Waals surface area contributed by atoms with Gasteiger partial charge in [0, 0.05) is 17.7 Å². The molecule has 1 amide bonds. The number of benzene rings is 1. The minimum absolute atomic E-state index is 0.109. The Bertz CT molecular complexity index is 886. The Labute approximate surface area is 171 Å². The minimum atomic E-state index is -0.570. The van der Waals surface area contributed by atoms with Crippen LogP contribution in [-0.4, -0.2) is 45.6 Å². The van der Waals surface area contributed by atoms with Crippen molar-refractivity contribution in [3.05, 3.63) is 35.6 Å². The van der Waals surface area contributed by atoms with E-state index in [1.807, 2.05) is 41.5 Å². The second kappa shape index (κ2) is 8.05. The number of carbonyl (C=O) groups excluding carboxylic acids is 1. The van der Waals surface area contributed by atoms with Gasteiger partial charge in [-0.05, 0) is 45.7 Å². The Morgan fingerprint density at radius 1 is 1.38 bits per heavy atom. The molecule has 0 radical (unpaired) electrons. The third kappa shape index (κ3) is 4.38. The van der Waals surface area contributed by atoms with Gasteiger partial charge < -0.3 is 14.4 Å². The first kappa shape index (κ1) is 21.1. The topological polar surface area (TPSA) is 56.6 Å². The number of hydrogen-bond donors (Lipinski definition) is 0. The van der Waals surface area contributed by atoms with Crippen LogP contribution in [0.15, 0.2) is 24.3 Å². The quantitative estimate of drug-likeness (QED) is 0.734. The standard InChI is InChI=1S/C22H30FN3O3/c1-7-25(21(27)29-22(4,5)6)15-12-26-20(28-13-15)18(14(2)3)19(24-26)16-10-8-9-11-17(16)23/h8-11,14-15H,7,12-13H2,1-6H3. The maximum absolute atomic E-state index is 14.4. The number of carbonyl (C=O) groups is 1. The van der Waals surface area contributed by atoms with Gasteiger partial charge in [0.25, 0.3) is 0 Å². The molecule has 0 fully saturated rings. The molecule has 2 heterocycles. The van der Waals surface area contributed by atoms with Crippen molar-refractivity contribution >= 4 is 6.09 Å². The van der Waals surface area contributed by atoms with Crippen LogP contribution in [-0.2, 0) is 11.3 Å². The molecule has 158 valence electrons. The van der Waals surface area contributed by atoms with Crippen LogP contribution in [0.25, 0.3) is 11.3 Å². The fourth-order valence-corrected chi connectivity index (χ4v) is 3.58. The highest BCUT2D eigenvalue weighted by atomic mass is 19.1. The zero-order valence-corrected chi connectivity index (χ0v) is 18.0. The van der Waals surface area contributed by atoms with Crippen LogP contribution in [0.4, 0.5) is 9.18 Å². The molecular weight excluding hydrogens is 373 g/mol. The van der Waals surface area contributed by atoms with E-state index < -0.39 is 5.60 Å². The van der Waals surface area contributed by atoms with Crippen molar-refractivity contribution in [3.8, 4) is 17.1 Å². The number of fused-ring (bicyclic) bond motifs is 1. The largest absolute Gasteiger partial charge is 0.475 e. The SMILES string of the molecule is CCN(C(=O)OC(C)(C)C)C1COc2c(C(C)C)c(-c3ccccc3F)nn2C1. The highest BCUT2D eigenvalue weighted by Crippen LogP contribution is 2.39. The number of ether oxygens (including phenoxy) is 2. The van der Waals surface area contributed by atoms with E-state index in [2.05, 4.69) is 5.10 Å². The maximum Gasteiger partial charge on any atom is 0.410 e. The van der Waals surface area contributed by atoms with Gasteiger partial charge in [-0.15, -0.1) is 0 Å². The molecule has 0 saturated heterocycles. The van der Waals surface area contributed by atoms with Gasteiger partial charge in [-0.1, -0.05) is 26.0 Å². The molecular formula is C22H30FN3O3. The number of amides is 1. The lowest BCUT2D eigenvalue weighted by Gasteiger charge is -2.35. The first-order valence-electron chi connectivity index (χ1n) is 10.1. The Morgan fingerprint density at radius 2 is 2.07 bits per heavy atom. The van der Waals surface area contributed by atoms with Crippen LogP contribution >= 0.6 is 0 Å². The first-order chi connectivity index (χ1) is 13.6. The van der Waals surface area contributed by atoms with Crippen LogP contribution in [0.2, 0.25) is 0 Å². The van der Waals surface area contributed by atoms with E-state index >= 15 is 0 Å². The second-order valence-electron chi connectivity index (χ2n) is 8.62. The molecule has 1 atom stereocenters. The molecule has 0 spiro atoms. The van der Waals surface area contributed by atoms with Gasteiger partial charge in [0.2, 0.25) is 5.88 Å². The summed E-state index contributed by atoms with van der Waals surface area (Å²) in [4.78, 5) is 14.3. The Kier molecular flexibility index (Phi) is 5.87. The summed E-state index contributed by atoms with van der Waals surface area (Å²) in [6.07, 6.45) is -0.373. The average Bonchev–Trinajstić information content (AvgIpc) is 3.00. The Hall–Kier alpha value is -2.57. The number of aromatic nitrogens is 2. The maximum atomic E-state index is 14.4. The number of halogens is 1. The van der Waals surface area contributed by atoms with Gasteiger partial charge in [-0.25, -0.2) is 13.9 Å².